The number of hydrogen-bond donors (Lipinski definition) is 2. The molecule has 2 aromatic carbocycles. The molecule has 0 bridgehead atoms. The van der Waals surface area contributed by atoms with Crippen molar-refractivity contribution in [2.24, 2.45) is 0 Å². The third kappa shape index (κ3) is 5.20. The number of carbonyl (C=O) groups is 1. The summed E-state index contributed by atoms with van der Waals surface area (Å²) in [5, 5.41) is 2.55. The van der Waals surface area contributed by atoms with Crippen LogP contribution in [0.15, 0.2) is 60.8 Å². The highest BCUT2D eigenvalue weighted by atomic mass is 32.2. The smallest absolute Gasteiger partial charge is 0.237 e. The van der Waals surface area contributed by atoms with E-state index in [9.17, 15) is 13.2 Å². The molecule has 0 aliphatic heterocycles. The van der Waals surface area contributed by atoms with Crippen LogP contribution in [0.2, 0.25) is 0 Å². The summed E-state index contributed by atoms with van der Waals surface area (Å²) in [5.74, 6) is 0.219. The molecule has 178 valence electrons. The molecule has 0 saturated heterocycles. The number of aromatic nitrogens is 2. The molecule has 0 unspecified atom stereocenters. The van der Waals surface area contributed by atoms with Gasteiger partial charge >= 0.3 is 0 Å². The van der Waals surface area contributed by atoms with Crippen molar-refractivity contribution in [3.8, 4) is 16.9 Å². The van der Waals surface area contributed by atoms with E-state index in [2.05, 4.69) is 20.0 Å². The van der Waals surface area contributed by atoms with Gasteiger partial charge in [-0.25, -0.2) is 18.4 Å². The van der Waals surface area contributed by atoms with Crippen molar-refractivity contribution in [2.75, 3.05) is 16.6 Å². The Kier molecular flexibility index (Phi) is 6.56. The summed E-state index contributed by atoms with van der Waals surface area (Å²) < 4.78 is 32.7. The van der Waals surface area contributed by atoms with Gasteiger partial charge in [-0.3, -0.25) is 9.52 Å². The summed E-state index contributed by atoms with van der Waals surface area (Å²) >= 11 is 0. The summed E-state index contributed by atoms with van der Waals surface area (Å²) in [7, 11) is -3.50. The minimum absolute atomic E-state index is 0.0347. The zero-order chi connectivity index (χ0) is 24.3. The van der Waals surface area contributed by atoms with Gasteiger partial charge in [0.25, 0.3) is 0 Å². The number of hydrogen-bond acceptors (Lipinski definition) is 6. The standard InChI is InChI=1S/C25H28N4O4S/c1-4-33-21-16-18(17-8-6-5-7-9-17)10-13-20(21)27-23(30)25(2,3)22-14-15-26-24(28-22)29-34(31,32)19-11-12-19/h5-10,13-16,19H,4,11-12H2,1-3H3,(H,27,30)(H,26,28,29). The number of rotatable bonds is 9. The highest BCUT2D eigenvalue weighted by molar-refractivity contribution is 7.93. The van der Waals surface area contributed by atoms with Gasteiger partial charge in [0.1, 0.15) is 5.75 Å². The van der Waals surface area contributed by atoms with E-state index in [0.717, 1.165) is 11.1 Å². The van der Waals surface area contributed by atoms with Crippen molar-refractivity contribution in [1.82, 2.24) is 9.97 Å². The fourth-order valence-corrected chi connectivity index (χ4v) is 4.73. The van der Waals surface area contributed by atoms with Gasteiger partial charge in [-0.15, -0.1) is 0 Å². The van der Waals surface area contributed by atoms with Gasteiger partial charge in [0.2, 0.25) is 21.9 Å². The second-order valence-electron chi connectivity index (χ2n) is 8.70. The van der Waals surface area contributed by atoms with Gasteiger partial charge in [0.15, 0.2) is 0 Å². The molecule has 3 aromatic rings. The molecule has 1 fully saturated rings. The van der Waals surface area contributed by atoms with E-state index in [1.165, 1.54) is 6.20 Å². The van der Waals surface area contributed by atoms with Crippen LogP contribution in [0.1, 0.15) is 39.3 Å². The first-order chi connectivity index (χ1) is 16.2. The molecule has 2 N–H and O–H groups in total. The summed E-state index contributed by atoms with van der Waals surface area (Å²) in [6.07, 6.45) is 2.71. The van der Waals surface area contributed by atoms with Crippen molar-refractivity contribution >= 4 is 27.6 Å². The molecule has 1 heterocycles. The fourth-order valence-electron chi connectivity index (χ4n) is 3.45. The van der Waals surface area contributed by atoms with Gasteiger partial charge in [0.05, 0.1) is 28.7 Å². The van der Waals surface area contributed by atoms with E-state index in [1.54, 1.807) is 19.9 Å². The van der Waals surface area contributed by atoms with Crippen molar-refractivity contribution in [2.45, 2.75) is 44.3 Å². The van der Waals surface area contributed by atoms with Gasteiger partial charge in [-0.1, -0.05) is 36.4 Å². The lowest BCUT2D eigenvalue weighted by molar-refractivity contribution is -0.120. The highest BCUT2D eigenvalue weighted by Gasteiger charge is 2.37. The van der Waals surface area contributed by atoms with Crippen LogP contribution in [0.3, 0.4) is 0 Å². The fraction of sp³-hybridized carbons (Fsp3) is 0.320. The van der Waals surface area contributed by atoms with E-state index in [1.807, 2.05) is 55.5 Å². The van der Waals surface area contributed by atoms with E-state index < -0.39 is 20.7 Å². The molecule has 1 saturated carbocycles. The monoisotopic (exact) mass is 480 g/mol. The van der Waals surface area contributed by atoms with Crippen LogP contribution in [0, 0.1) is 0 Å². The quantitative estimate of drug-likeness (QED) is 0.471. The summed E-state index contributed by atoms with van der Waals surface area (Å²) in [6.45, 7) is 5.78. The number of nitrogens with one attached hydrogen (secondary N) is 2. The molecule has 1 aliphatic rings. The van der Waals surface area contributed by atoms with Gasteiger partial charge in [0, 0.05) is 6.20 Å². The van der Waals surface area contributed by atoms with Crippen molar-refractivity contribution in [1.29, 1.82) is 0 Å². The number of benzene rings is 2. The van der Waals surface area contributed by atoms with Crippen molar-refractivity contribution in [3.05, 3.63) is 66.5 Å². The Morgan fingerprint density at radius 1 is 1.09 bits per heavy atom. The van der Waals surface area contributed by atoms with E-state index in [0.29, 0.717) is 36.6 Å². The lowest BCUT2D eigenvalue weighted by Gasteiger charge is -2.24. The molecule has 1 aliphatic carbocycles. The highest BCUT2D eigenvalue weighted by Crippen LogP contribution is 2.33. The van der Waals surface area contributed by atoms with E-state index >= 15 is 0 Å². The number of anilines is 2. The molecule has 0 atom stereocenters. The Bertz CT molecular complexity index is 1290. The van der Waals surface area contributed by atoms with Gasteiger partial charge < -0.3 is 10.1 Å². The lowest BCUT2D eigenvalue weighted by atomic mass is 9.87. The minimum atomic E-state index is -3.50. The Morgan fingerprint density at radius 2 is 1.82 bits per heavy atom. The molecule has 34 heavy (non-hydrogen) atoms. The topological polar surface area (TPSA) is 110 Å². The second-order valence-corrected chi connectivity index (χ2v) is 10.7. The molecule has 0 radical (unpaired) electrons. The van der Waals surface area contributed by atoms with Crippen LogP contribution in [0.4, 0.5) is 11.6 Å². The lowest BCUT2D eigenvalue weighted by Crippen LogP contribution is -2.36. The van der Waals surface area contributed by atoms with Gasteiger partial charge in [-0.2, -0.15) is 0 Å². The van der Waals surface area contributed by atoms with Crippen LogP contribution in [0.25, 0.3) is 11.1 Å². The molecule has 9 heteroatoms. The second kappa shape index (κ2) is 9.42. The molecule has 0 spiro atoms. The first-order valence-corrected chi connectivity index (χ1v) is 12.7. The Balaban J connectivity index is 1.56. The average molecular weight is 481 g/mol. The average Bonchev–Trinajstić information content (AvgIpc) is 3.67. The van der Waals surface area contributed by atoms with Crippen molar-refractivity contribution < 1.29 is 17.9 Å². The molecule has 8 nitrogen and oxygen atoms in total. The summed E-state index contributed by atoms with van der Waals surface area (Å²) in [4.78, 5) is 21.6. The molecule has 1 amide bonds. The number of sulfonamides is 1. The molecule has 1 aromatic heterocycles. The maximum Gasteiger partial charge on any atom is 0.237 e. The van der Waals surface area contributed by atoms with Crippen LogP contribution >= 0.6 is 0 Å². The van der Waals surface area contributed by atoms with Gasteiger partial charge in [-0.05, 0) is 62.9 Å². The van der Waals surface area contributed by atoms with Crippen LogP contribution in [-0.4, -0.2) is 36.1 Å². The summed E-state index contributed by atoms with van der Waals surface area (Å²) in [6, 6.07) is 17.2. The molecular formula is C25H28N4O4S. The predicted molar refractivity (Wildman–Crippen MR) is 132 cm³/mol. The normalized spacial score (nSPS) is 13.9. The first-order valence-electron chi connectivity index (χ1n) is 11.2. The van der Waals surface area contributed by atoms with Crippen LogP contribution in [-0.2, 0) is 20.2 Å². The van der Waals surface area contributed by atoms with Crippen molar-refractivity contribution in [3.63, 3.8) is 0 Å². The molecular weight excluding hydrogens is 452 g/mol. The zero-order valence-electron chi connectivity index (χ0n) is 19.4. The number of nitrogens with zero attached hydrogens (tertiary/aromatic N) is 2. The first kappa shape index (κ1) is 23.7. The summed E-state index contributed by atoms with van der Waals surface area (Å²) in [5.41, 5.74) is 1.90. The molecule has 4 rings (SSSR count). The third-order valence-electron chi connectivity index (χ3n) is 5.70. The Labute approximate surface area is 199 Å². The predicted octanol–water partition coefficient (Wildman–Crippen LogP) is 4.36. The SMILES string of the molecule is CCOc1cc(-c2ccccc2)ccc1NC(=O)C(C)(C)c1ccnc(NS(=O)(=O)C2CC2)n1. The largest absolute Gasteiger partial charge is 0.492 e. The van der Waals surface area contributed by atoms with Crippen LogP contribution in [0.5, 0.6) is 5.75 Å². The Hall–Kier alpha value is -3.46. The van der Waals surface area contributed by atoms with Crippen LogP contribution < -0.4 is 14.8 Å². The number of ether oxygens (including phenoxy) is 1. The zero-order valence-corrected chi connectivity index (χ0v) is 20.2. The minimum Gasteiger partial charge on any atom is -0.492 e. The maximum absolute atomic E-state index is 13.3. The number of carbonyl (C=O) groups excluding carboxylic acids is 1. The third-order valence-corrected chi connectivity index (χ3v) is 7.51. The van der Waals surface area contributed by atoms with E-state index in [-0.39, 0.29) is 11.9 Å². The number of amides is 1. The maximum atomic E-state index is 13.3. The Morgan fingerprint density at radius 3 is 2.50 bits per heavy atom. The van der Waals surface area contributed by atoms with E-state index in [4.69, 9.17) is 4.74 Å².